The van der Waals surface area contributed by atoms with Crippen LogP contribution in [0.1, 0.15) is 58.3 Å². The van der Waals surface area contributed by atoms with E-state index in [1.54, 1.807) is 0 Å². The number of hydrogen-bond donors (Lipinski definition) is 2. The molecule has 4 unspecified atom stereocenters. The average Bonchev–Trinajstić information content (AvgIpc) is 3.24. The molecule has 4 fully saturated rings. The monoisotopic (exact) mass is 351 g/mol. The summed E-state index contributed by atoms with van der Waals surface area (Å²) in [6, 6.07) is 0.884. The Morgan fingerprint density at radius 3 is 2.64 bits per heavy atom. The fourth-order valence-corrected chi connectivity index (χ4v) is 4.98. The number of carbonyl (C=O) groups excluding carboxylic acids is 1. The molecule has 0 bridgehead atoms. The van der Waals surface area contributed by atoms with Crippen molar-refractivity contribution in [3.05, 3.63) is 0 Å². The van der Waals surface area contributed by atoms with Crippen LogP contribution in [0, 0.1) is 11.8 Å². The van der Waals surface area contributed by atoms with E-state index < -0.39 is 0 Å². The van der Waals surface area contributed by atoms with Crippen LogP contribution in [-0.2, 0) is 14.3 Å². The Morgan fingerprint density at radius 1 is 1.08 bits per heavy atom. The molecule has 2 saturated heterocycles. The third-order valence-electron chi connectivity index (χ3n) is 6.57. The van der Waals surface area contributed by atoms with Crippen LogP contribution in [0.25, 0.3) is 0 Å². The summed E-state index contributed by atoms with van der Waals surface area (Å²) in [5.41, 5.74) is 3.54. The summed E-state index contributed by atoms with van der Waals surface area (Å²) >= 11 is 0. The number of nitrogens with one attached hydrogen (secondary N) is 2. The van der Waals surface area contributed by atoms with Gasteiger partial charge < -0.3 is 14.8 Å². The first-order chi connectivity index (χ1) is 12.2. The molecule has 2 aliphatic carbocycles. The highest BCUT2D eigenvalue weighted by molar-refractivity contribution is 5.79. The number of nitrogens with zero attached hydrogens (tertiary/aromatic N) is 1. The Labute approximate surface area is 151 Å². The van der Waals surface area contributed by atoms with Gasteiger partial charge in [-0.25, -0.2) is 5.01 Å². The molecule has 0 radical (unpaired) electrons. The van der Waals surface area contributed by atoms with Crippen LogP contribution in [0.3, 0.4) is 0 Å². The molecule has 0 aromatic rings. The van der Waals surface area contributed by atoms with Gasteiger partial charge in [-0.05, 0) is 64.2 Å². The summed E-state index contributed by atoms with van der Waals surface area (Å²) in [7, 11) is 0. The minimum Gasteiger partial charge on any atom is -0.353 e. The number of carbonyl (C=O) groups is 1. The predicted molar refractivity (Wildman–Crippen MR) is 94.6 cm³/mol. The predicted octanol–water partition coefficient (Wildman–Crippen LogP) is 1.80. The minimum atomic E-state index is 0.185. The highest BCUT2D eigenvalue weighted by Gasteiger charge is 2.37. The molecule has 1 amide bonds. The van der Waals surface area contributed by atoms with E-state index in [0.29, 0.717) is 12.8 Å². The maximum Gasteiger partial charge on any atom is 0.223 e. The van der Waals surface area contributed by atoms with Crippen molar-refractivity contribution in [1.29, 1.82) is 0 Å². The summed E-state index contributed by atoms with van der Waals surface area (Å²) in [5.74, 6) is 1.22. The van der Waals surface area contributed by atoms with Crippen LogP contribution in [0.4, 0.5) is 0 Å². The number of hydrazine groups is 1. The molecule has 2 saturated carbocycles. The molecule has 0 aromatic heterocycles. The van der Waals surface area contributed by atoms with E-state index in [1.807, 2.05) is 0 Å². The third-order valence-corrected chi connectivity index (χ3v) is 6.57. The van der Waals surface area contributed by atoms with Gasteiger partial charge in [0.2, 0.25) is 5.91 Å². The standard InChI is InChI=1S/C19H33N3O3/c1-13-8-9-22(21-13)11-14-2-4-15(5-3-14)19(23)20-16-6-7-17-18(10-16)25-12-24-17/h13-18,21H,2-12H2,1H3,(H,20,23). The zero-order valence-corrected chi connectivity index (χ0v) is 15.4. The van der Waals surface area contributed by atoms with Crippen molar-refractivity contribution >= 4 is 5.91 Å². The molecule has 4 rings (SSSR count). The summed E-state index contributed by atoms with van der Waals surface area (Å²) in [6.07, 6.45) is 9.05. The second-order valence-corrected chi connectivity index (χ2v) is 8.53. The van der Waals surface area contributed by atoms with Gasteiger partial charge in [0.1, 0.15) is 6.79 Å². The molecule has 2 aliphatic heterocycles. The van der Waals surface area contributed by atoms with Gasteiger partial charge in [0.05, 0.1) is 12.2 Å². The summed E-state index contributed by atoms with van der Waals surface area (Å²) < 4.78 is 11.2. The van der Waals surface area contributed by atoms with Gasteiger partial charge in [0.15, 0.2) is 0 Å². The molecule has 0 aromatic carbocycles. The van der Waals surface area contributed by atoms with Crippen molar-refractivity contribution in [1.82, 2.24) is 15.8 Å². The summed E-state index contributed by atoms with van der Waals surface area (Å²) in [4.78, 5) is 12.6. The van der Waals surface area contributed by atoms with Crippen molar-refractivity contribution in [3.63, 3.8) is 0 Å². The number of hydrogen-bond acceptors (Lipinski definition) is 5. The largest absolute Gasteiger partial charge is 0.353 e. The van der Waals surface area contributed by atoms with Crippen LogP contribution >= 0.6 is 0 Å². The fraction of sp³-hybridized carbons (Fsp3) is 0.947. The first-order valence-electron chi connectivity index (χ1n) is 10.2. The fourth-order valence-electron chi connectivity index (χ4n) is 4.98. The zero-order valence-electron chi connectivity index (χ0n) is 15.4. The van der Waals surface area contributed by atoms with Crippen molar-refractivity contribution in [3.8, 4) is 0 Å². The third kappa shape index (κ3) is 4.35. The molecule has 0 spiro atoms. The van der Waals surface area contributed by atoms with E-state index in [-0.39, 0.29) is 30.1 Å². The molecule has 142 valence electrons. The second kappa shape index (κ2) is 7.91. The highest BCUT2D eigenvalue weighted by Crippen LogP contribution is 2.32. The number of rotatable bonds is 4. The lowest BCUT2D eigenvalue weighted by atomic mass is 9.81. The Bertz CT molecular complexity index is 467. The maximum atomic E-state index is 12.6. The Hall–Kier alpha value is -0.690. The minimum absolute atomic E-state index is 0.185. The normalized spacial score (nSPS) is 42.3. The van der Waals surface area contributed by atoms with Crippen LogP contribution in [0.2, 0.25) is 0 Å². The van der Waals surface area contributed by atoms with Crippen molar-refractivity contribution in [2.75, 3.05) is 19.9 Å². The van der Waals surface area contributed by atoms with Crippen LogP contribution in [-0.4, -0.2) is 55.1 Å². The van der Waals surface area contributed by atoms with Crippen molar-refractivity contribution in [2.24, 2.45) is 11.8 Å². The second-order valence-electron chi connectivity index (χ2n) is 8.53. The number of ether oxygens (including phenoxy) is 2. The van der Waals surface area contributed by atoms with E-state index in [1.165, 1.54) is 19.3 Å². The first kappa shape index (κ1) is 17.7. The summed E-state index contributed by atoms with van der Waals surface area (Å²) in [5, 5.41) is 5.68. The van der Waals surface area contributed by atoms with Crippen LogP contribution in [0.5, 0.6) is 0 Å². The van der Waals surface area contributed by atoms with Gasteiger partial charge in [-0.3, -0.25) is 10.2 Å². The van der Waals surface area contributed by atoms with Gasteiger partial charge >= 0.3 is 0 Å². The molecular weight excluding hydrogens is 318 g/mol. The molecule has 2 heterocycles. The molecule has 4 atom stereocenters. The van der Waals surface area contributed by atoms with Gasteiger partial charge in [-0.15, -0.1) is 0 Å². The van der Waals surface area contributed by atoms with E-state index in [0.717, 1.165) is 51.1 Å². The molecular formula is C19H33N3O3. The van der Waals surface area contributed by atoms with Gasteiger partial charge in [0.25, 0.3) is 0 Å². The Kier molecular flexibility index (Phi) is 5.60. The van der Waals surface area contributed by atoms with E-state index in [2.05, 4.69) is 22.7 Å². The summed E-state index contributed by atoms with van der Waals surface area (Å²) in [6.45, 7) is 4.97. The highest BCUT2D eigenvalue weighted by atomic mass is 16.7. The number of fused-ring (bicyclic) bond motifs is 1. The van der Waals surface area contributed by atoms with Crippen molar-refractivity contribution < 1.29 is 14.3 Å². The smallest absolute Gasteiger partial charge is 0.223 e. The van der Waals surface area contributed by atoms with Crippen LogP contribution < -0.4 is 10.7 Å². The van der Waals surface area contributed by atoms with Crippen molar-refractivity contribution in [2.45, 2.75) is 82.6 Å². The molecule has 6 heteroatoms. The lowest BCUT2D eigenvalue weighted by Gasteiger charge is -2.33. The SMILES string of the molecule is CC1CCN(CC2CCC(C(=O)NC3CCC4OCOC4C3)CC2)N1. The molecule has 6 nitrogen and oxygen atoms in total. The quantitative estimate of drug-likeness (QED) is 0.809. The molecule has 25 heavy (non-hydrogen) atoms. The number of amides is 1. The van der Waals surface area contributed by atoms with Crippen LogP contribution in [0.15, 0.2) is 0 Å². The average molecular weight is 351 g/mol. The van der Waals surface area contributed by atoms with Gasteiger partial charge in [-0.1, -0.05) is 0 Å². The molecule has 2 N–H and O–H groups in total. The van der Waals surface area contributed by atoms with E-state index in [9.17, 15) is 4.79 Å². The topological polar surface area (TPSA) is 62.8 Å². The Morgan fingerprint density at radius 2 is 1.88 bits per heavy atom. The lowest BCUT2D eigenvalue weighted by molar-refractivity contribution is -0.127. The first-order valence-corrected chi connectivity index (χ1v) is 10.2. The maximum absolute atomic E-state index is 12.6. The lowest BCUT2D eigenvalue weighted by Crippen LogP contribution is -2.46. The van der Waals surface area contributed by atoms with Gasteiger partial charge in [0, 0.05) is 31.1 Å². The van der Waals surface area contributed by atoms with Gasteiger partial charge in [-0.2, -0.15) is 0 Å². The van der Waals surface area contributed by atoms with E-state index in [4.69, 9.17) is 9.47 Å². The zero-order chi connectivity index (χ0) is 17.2. The van der Waals surface area contributed by atoms with E-state index >= 15 is 0 Å². The molecule has 4 aliphatic rings. The Balaban J connectivity index is 1.18.